The molecule has 3 aromatic rings. The highest BCUT2D eigenvalue weighted by Crippen LogP contribution is 2.20. The van der Waals surface area contributed by atoms with E-state index in [4.69, 9.17) is 5.73 Å². The molecule has 1 aromatic carbocycles. The van der Waals surface area contributed by atoms with Crippen LogP contribution >= 0.6 is 0 Å². The number of nitrogen functional groups attached to an aromatic ring is 1. The molecule has 2 aromatic heterocycles. The zero-order valence-electron chi connectivity index (χ0n) is 20.6. The fraction of sp³-hybridized carbons (Fsp3) is 0.542. The van der Waals surface area contributed by atoms with Gasteiger partial charge in [0, 0.05) is 25.2 Å². The predicted octanol–water partition coefficient (Wildman–Crippen LogP) is 2.76. The fourth-order valence-corrected chi connectivity index (χ4v) is 3.94. The number of aromatic nitrogens is 6. The van der Waals surface area contributed by atoms with Gasteiger partial charge in [-0.2, -0.15) is 4.80 Å². The lowest BCUT2D eigenvalue weighted by molar-refractivity contribution is 0.478. The molecule has 0 unspecified atom stereocenters. The van der Waals surface area contributed by atoms with Gasteiger partial charge in [0.05, 0.1) is 6.54 Å². The van der Waals surface area contributed by atoms with E-state index in [1.54, 1.807) is 4.80 Å². The first-order valence-electron chi connectivity index (χ1n) is 12.0. The van der Waals surface area contributed by atoms with E-state index in [1.165, 1.54) is 4.57 Å². The van der Waals surface area contributed by atoms with Gasteiger partial charge in [-0.25, -0.2) is 4.79 Å². The van der Waals surface area contributed by atoms with Crippen molar-refractivity contribution in [2.24, 2.45) is 11.8 Å². The largest absolute Gasteiger partial charge is 0.383 e. The van der Waals surface area contributed by atoms with E-state index in [0.29, 0.717) is 43.6 Å². The highest BCUT2D eigenvalue weighted by Gasteiger charge is 2.20. The monoisotopic (exact) mass is 468 g/mol. The van der Waals surface area contributed by atoms with Gasteiger partial charge in [-0.1, -0.05) is 58.0 Å². The normalized spacial score (nSPS) is 11.5. The van der Waals surface area contributed by atoms with Crippen LogP contribution in [0.2, 0.25) is 0 Å². The average molecular weight is 469 g/mol. The summed E-state index contributed by atoms with van der Waals surface area (Å²) in [6.45, 7) is 10.7. The van der Waals surface area contributed by atoms with E-state index >= 15 is 0 Å². The highest BCUT2D eigenvalue weighted by molar-refractivity contribution is 5.62. The van der Waals surface area contributed by atoms with Crippen LogP contribution in [0.4, 0.5) is 11.5 Å². The number of hydrogen-bond donors (Lipinski definition) is 2. The number of tetrazole rings is 1. The molecule has 0 saturated carbocycles. The summed E-state index contributed by atoms with van der Waals surface area (Å²) in [6.07, 6.45) is 2.69. The Balaban J connectivity index is 1.62. The number of nitrogens with one attached hydrogen (secondary N) is 1. The van der Waals surface area contributed by atoms with Gasteiger partial charge in [-0.15, -0.1) is 10.2 Å². The number of rotatable bonds is 12. The lowest BCUT2D eigenvalue weighted by atomic mass is 10.1. The Bertz CT molecular complexity index is 1160. The number of aryl methyl sites for hydroxylation is 1. The summed E-state index contributed by atoms with van der Waals surface area (Å²) in [5, 5.41) is 12.7. The Hall–Kier alpha value is -3.43. The Morgan fingerprint density at radius 3 is 2.44 bits per heavy atom. The molecule has 184 valence electrons. The zero-order valence-corrected chi connectivity index (χ0v) is 20.6. The minimum absolute atomic E-state index is 0.227. The van der Waals surface area contributed by atoms with Gasteiger partial charge in [0.2, 0.25) is 5.82 Å². The van der Waals surface area contributed by atoms with E-state index in [0.717, 1.165) is 24.8 Å². The van der Waals surface area contributed by atoms with Gasteiger partial charge >= 0.3 is 5.69 Å². The summed E-state index contributed by atoms with van der Waals surface area (Å²) in [4.78, 5) is 31.1. The van der Waals surface area contributed by atoms with E-state index in [-0.39, 0.29) is 11.7 Å². The van der Waals surface area contributed by atoms with E-state index in [2.05, 4.69) is 34.2 Å². The summed E-state index contributed by atoms with van der Waals surface area (Å²) >= 11 is 0. The molecule has 0 amide bonds. The number of nitrogens with two attached hydrogens (primary N) is 1. The second-order valence-corrected chi connectivity index (χ2v) is 9.47. The molecule has 0 spiro atoms. The zero-order chi connectivity index (χ0) is 24.7. The number of H-pyrrole nitrogens is 1. The van der Waals surface area contributed by atoms with Crippen molar-refractivity contribution in [3.63, 3.8) is 0 Å². The quantitative estimate of drug-likeness (QED) is 0.391. The van der Waals surface area contributed by atoms with Crippen LogP contribution in [0.15, 0.2) is 39.9 Å². The van der Waals surface area contributed by atoms with Crippen LogP contribution in [-0.4, -0.2) is 42.8 Å². The van der Waals surface area contributed by atoms with Crippen LogP contribution < -0.4 is 21.9 Å². The van der Waals surface area contributed by atoms with Crippen molar-refractivity contribution in [2.45, 2.75) is 60.0 Å². The first-order valence-corrected chi connectivity index (χ1v) is 12.0. The minimum atomic E-state index is -0.459. The van der Waals surface area contributed by atoms with Gasteiger partial charge in [0.15, 0.2) is 0 Å². The molecule has 2 heterocycles. The fourth-order valence-electron chi connectivity index (χ4n) is 3.94. The van der Waals surface area contributed by atoms with Gasteiger partial charge in [-0.05, 0) is 36.3 Å². The number of benzene rings is 1. The highest BCUT2D eigenvalue weighted by atomic mass is 16.2. The van der Waals surface area contributed by atoms with E-state index < -0.39 is 11.2 Å². The first kappa shape index (κ1) is 25.2. The molecule has 0 radical (unpaired) electrons. The molecule has 34 heavy (non-hydrogen) atoms. The Kier molecular flexibility index (Phi) is 8.61. The van der Waals surface area contributed by atoms with Crippen LogP contribution in [0, 0.1) is 11.8 Å². The summed E-state index contributed by atoms with van der Waals surface area (Å²) in [5.74, 6) is 1.42. The predicted molar refractivity (Wildman–Crippen MR) is 135 cm³/mol. The molecule has 10 nitrogen and oxygen atoms in total. The van der Waals surface area contributed by atoms with Gasteiger partial charge in [0.25, 0.3) is 5.56 Å². The number of anilines is 2. The average Bonchev–Trinajstić information content (AvgIpc) is 3.25. The number of aromatic amines is 1. The molecular formula is C24H36N8O2. The third-order valence-electron chi connectivity index (χ3n) is 5.43. The second kappa shape index (κ2) is 11.6. The van der Waals surface area contributed by atoms with Crippen LogP contribution in [0.5, 0.6) is 0 Å². The number of unbranched alkanes of at least 4 members (excludes halogenated alkanes) is 2. The second-order valence-electron chi connectivity index (χ2n) is 9.47. The third kappa shape index (κ3) is 6.55. The molecule has 0 aliphatic carbocycles. The van der Waals surface area contributed by atoms with Gasteiger partial charge < -0.3 is 10.6 Å². The van der Waals surface area contributed by atoms with Crippen molar-refractivity contribution < 1.29 is 0 Å². The molecule has 10 heteroatoms. The standard InChI is InChI=1S/C24H36N8O2/c1-17(2)15-30(20-21(25)31(16-18(3)4)24(34)26-23(20)33)13-9-6-10-14-32-28-22(27-29-32)19-11-7-5-8-12-19/h5,7-8,11-12,17-18H,6,9-10,13-16,25H2,1-4H3,(H,26,33,34). The molecular weight excluding hydrogens is 432 g/mol. The van der Waals surface area contributed by atoms with E-state index in [1.807, 2.05) is 49.1 Å². The summed E-state index contributed by atoms with van der Waals surface area (Å²) in [7, 11) is 0. The molecule has 0 saturated heterocycles. The molecule has 0 bridgehead atoms. The number of nitrogens with zero attached hydrogens (tertiary/aromatic N) is 6. The van der Waals surface area contributed by atoms with Crippen molar-refractivity contribution in [3.05, 3.63) is 51.2 Å². The maximum Gasteiger partial charge on any atom is 0.330 e. The Morgan fingerprint density at radius 1 is 1.03 bits per heavy atom. The Labute approximate surface area is 199 Å². The van der Waals surface area contributed by atoms with Crippen LogP contribution in [0.1, 0.15) is 47.0 Å². The van der Waals surface area contributed by atoms with Crippen LogP contribution in [0.3, 0.4) is 0 Å². The van der Waals surface area contributed by atoms with E-state index in [9.17, 15) is 9.59 Å². The Morgan fingerprint density at radius 2 is 1.76 bits per heavy atom. The molecule has 0 fully saturated rings. The van der Waals surface area contributed by atoms with Gasteiger partial charge in [-0.3, -0.25) is 14.3 Å². The van der Waals surface area contributed by atoms with Crippen molar-refractivity contribution in [1.29, 1.82) is 0 Å². The van der Waals surface area contributed by atoms with Crippen LogP contribution in [0.25, 0.3) is 11.4 Å². The molecule has 0 aliphatic heterocycles. The van der Waals surface area contributed by atoms with Crippen molar-refractivity contribution in [1.82, 2.24) is 29.8 Å². The molecule has 3 rings (SSSR count). The summed E-state index contributed by atoms with van der Waals surface area (Å²) < 4.78 is 1.47. The van der Waals surface area contributed by atoms with Crippen molar-refractivity contribution in [3.8, 4) is 11.4 Å². The van der Waals surface area contributed by atoms with Crippen LogP contribution in [-0.2, 0) is 13.1 Å². The number of hydrogen-bond acceptors (Lipinski definition) is 7. The van der Waals surface area contributed by atoms with Gasteiger partial charge in [0.1, 0.15) is 11.5 Å². The molecule has 0 atom stereocenters. The lowest BCUT2D eigenvalue weighted by Crippen LogP contribution is -2.40. The SMILES string of the molecule is CC(C)CN(CCCCCn1nnc(-c2ccccc2)n1)c1c(N)n(CC(C)C)c(=O)[nH]c1=O. The maximum absolute atomic E-state index is 12.7. The van der Waals surface area contributed by atoms with Crippen molar-refractivity contribution >= 4 is 11.5 Å². The summed E-state index contributed by atoms with van der Waals surface area (Å²) in [5.41, 5.74) is 6.79. The third-order valence-corrected chi connectivity index (χ3v) is 5.43. The van der Waals surface area contributed by atoms with Crippen molar-refractivity contribution in [2.75, 3.05) is 23.7 Å². The maximum atomic E-state index is 12.7. The molecule has 0 aliphatic rings. The minimum Gasteiger partial charge on any atom is -0.383 e. The molecule has 3 N–H and O–H groups in total. The lowest BCUT2D eigenvalue weighted by Gasteiger charge is -2.28. The topological polar surface area (TPSA) is 128 Å². The summed E-state index contributed by atoms with van der Waals surface area (Å²) in [6, 6.07) is 9.78. The smallest absolute Gasteiger partial charge is 0.330 e. The first-order chi connectivity index (χ1) is 16.3.